The van der Waals surface area contributed by atoms with Gasteiger partial charge < -0.3 is 4.74 Å². The van der Waals surface area contributed by atoms with E-state index in [-0.39, 0.29) is 0 Å². The van der Waals surface area contributed by atoms with E-state index in [1.54, 1.807) is 25.1 Å². The van der Waals surface area contributed by atoms with E-state index in [0.717, 1.165) is 22.0 Å². The maximum Gasteiger partial charge on any atom is 0.137 e. The second kappa shape index (κ2) is 4.99. The first kappa shape index (κ1) is 11.0. The van der Waals surface area contributed by atoms with E-state index < -0.39 is 0 Å². The van der Waals surface area contributed by atoms with Crippen molar-refractivity contribution in [2.75, 3.05) is 13.4 Å². The topological polar surface area (TPSA) is 35.0 Å². The predicted molar refractivity (Wildman–Crippen MR) is 65.8 cm³/mol. The third-order valence-corrected chi connectivity index (χ3v) is 2.92. The van der Waals surface area contributed by atoms with Crippen LogP contribution in [0.25, 0.3) is 11.4 Å². The molecule has 0 radical (unpaired) electrons. The van der Waals surface area contributed by atoms with E-state index in [1.165, 1.54) is 0 Å². The molecule has 2 rings (SSSR count). The molecule has 0 aliphatic rings. The van der Waals surface area contributed by atoms with Crippen molar-refractivity contribution in [3.63, 3.8) is 0 Å². The molecule has 82 valence electrons. The third kappa shape index (κ3) is 2.33. The van der Waals surface area contributed by atoms with Crippen LogP contribution in [0, 0.1) is 0 Å². The average Bonchev–Trinajstić information content (AvgIpc) is 2.39. The molecule has 0 unspecified atom stereocenters. The Kier molecular flexibility index (Phi) is 3.41. The van der Waals surface area contributed by atoms with Crippen LogP contribution < -0.4 is 4.74 Å². The summed E-state index contributed by atoms with van der Waals surface area (Å²) in [6.45, 7) is 0. The number of nitrogens with zero attached hydrogens (tertiary/aromatic N) is 2. The Balaban J connectivity index is 2.28. The van der Waals surface area contributed by atoms with Gasteiger partial charge in [0.05, 0.1) is 24.7 Å². The van der Waals surface area contributed by atoms with E-state index in [2.05, 4.69) is 9.97 Å². The van der Waals surface area contributed by atoms with Crippen LogP contribution >= 0.6 is 11.8 Å². The maximum absolute atomic E-state index is 5.06. The zero-order valence-electron chi connectivity index (χ0n) is 9.18. The quantitative estimate of drug-likeness (QED) is 0.762. The smallest absolute Gasteiger partial charge is 0.137 e. The molecular formula is C12H12N2OS. The zero-order chi connectivity index (χ0) is 11.4. The minimum Gasteiger partial charge on any atom is -0.495 e. The average molecular weight is 232 g/mol. The molecule has 0 aliphatic heterocycles. The van der Waals surface area contributed by atoms with Crippen molar-refractivity contribution in [2.24, 2.45) is 0 Å². The number of hydrogen-bond acceptors (Lipinski definition) is 4. The molecule has 0 spiro atoms. The SMILES string of the molecule is COc1ccc(-c2ccc(SC)cn2)nc1. The molecule has 16 heavy (non-hydrogen) atoms. The standard InChI is InChI=1S/C12H12N2OS/c1-15-9-3-5-11(13-7-9)12-6-4-10(16-2)8-14-12/h3-8H,1-2H3. The molecule has 0 saturated carbocycles. The molecule has 2 aromatic rings. The molecule has 0 atom stereocenters. The molecule has 0 N–H and O–H groups in total. The highest BCUT2D eigenvalue weighted by atomic mass is 32.2. The van der Waals surface area contributed by atoms with Crippen LogP contribution in [0.4, 0.5) is 0 Å². The highest BCUT2D eigenvalue weighted by Crippen LogP contribution is 2.20. The van der Waals surface area contributed by atoms with Gasteiger partial charge in [0.1, 0.15) is 5.75 Å². The summed E-state index contributed by atoms with van der Waals surface area (Å²) in [6.07, 6.45) is 5.58. The highest BCUT2D eigenvalue weighted by molar-refractivity contribution is 7.98. The van der Waals surface area contributed by atoms with Crippen molar-refractivity contribution in [1.82, 2.24) is 9.97 Å². The van der Waals surface area contributed by atoms with Crippen LogP contribution in [0.5, 0.6) is 5.75 Å². The number of pyridine rings is 2. The van der Waals surface area contributed by atoms with E-state index in [1.807, 2.05) is 36.7 Å². The van der Waals surface area contributed by atoms with Gasteiger partial charge in [0, 0.05) is 11.1 Å². The Morgan fingerprint density at radius 1 is 1.00 bits per heavy atom. The maximum atomic E-state index is 5.06. The van der Waals surface area contributed by atoms with Crippen molar-refractivity contribution in [3.05, 3.63) is 36.7 Å². The minimum absolute atomic E-state index is 0.754. The molecule has 4 heteroatoms. The molecule has 0 aromatic carbocycles. The van der Waals surface area contributed by atoms with Gasteiger partial charge in [0.25, 0.3) is 0 Å². The second-order valence-electron chi connectivity index (χ2n) is 3.17. The second-order valence-corrected chi connectivity index (χ2v) is 4.05. The van der Waals surface area contributed by atoms with Gasteiger partial charge in [0.15, 0.2) is 0 Å². The van der Waals surface area contributed by atoms with Crippen LogP contribution in [0.15, 0.2) is 41.6 Å². The summed E-state index contributed by atoms with van der Waals surface area (Å²) in [4.78, 5) is 9.78. The fourth-order valence-corrected chi connectivity index (χ4v) is 1.67. The largest absolute Gasteiger partial charge is 0.495 e. The summed E-state index contributed by atoms with van der Waals surface area (Å²) in [5.74, 6) is 0.754. The van der Waals surface area contributed by atoms with Gasteiger partial charge in [-0.15, -0.1) is 11.8 Å². The van der Waals surface area contributed by atoms with Crippen LogP contribution in [-0.2, 0) is 0 Å². The van der Waals surface area contributed by atoms with E-state index in [9.17, 15) is 0 Å². The summed E-state index contributed by atoms with van der Waals surface area (Å²) < 4.78 is 5.06. The summed E-state index contributed by atoms with van der Waals surface area (Å²) in [5, 5.41) is 0. The van der Waals surface area contributed by atoms with Gasteiger partial charge >= 0.3 is 0 Å². The summed E-state index contributed by atoms with van der Waals surface area (Å²) >= 11 is 1.68. The fraction of sp³-hybridized carbons (Fsp3) is 0.167. The Morgan fingerprint density at radius 2 is 1.69 bits per heavy atom. The Hall–Kier alpha value is -1.55. The first-order chi connectivity index (χ1) is 7.83. The lowest BCUT2D eigenvalue weighted by atomic mass is 10.2. The molecule has 2 aromatic heterocycles. The molecule has 0 saturated heterocycles. The van der Waals surface area contributed by atoms with Gasteiger partial charge in [-0.1, -0.05) is 0 Å². The van der Waals surface area contributed by atoms with Crippen molar-refractivity contribution in [1.29, 1.82) is 0 Å². The molecule has 0 bridgehead atoms. The summed E-state index contributed by atoms with van der Waals surface area (Å²) in [7, 11) is 1.63. The van der Waals surface area contributed by atoms with Gasteiger partial charge in [-0.25, -0.2) is 0 Å². The number of ether oxygens (including phenoxy) is 1. The van der Waals surface area contributed by atoms with Gasteiger partial charge in [0.2, 0.25) is 0 Å². The number of methoxy groups -OCH3 is 1. The summed E-state index contributed by atoms with van der Waals surface area (Å²) in [5.41, 5.74) is 1.73. The molecule has 0 amide bonds. The fourth-order valence-electron chi connectivity index (χ4n) is 1.31. The predicted octanol–water partition coefficient (Wildman–Crippen LogP) is 2.87. The molecule has 0 fully saturated rings. The Morgan fingerprint density at radius 3 is 2.12 bits per heavy atom. The van der Waals surface area contributed by atoms with E-state index in [0.29, 0.717) is 0 Å². The zero-order valence-corrected chi connectivity index (χ0v) is 9.99. The number of thioether (sulfide) groups is 1. The van der Waals surface area contributed by atoms with Crippen molar-refractivity contribution in [3.8, 4) is 17.1 Å². The lowest BCUT2D eigenvalue weighted by molar-refractivity contribution is 0.413. The highest BCUT2D eigenvalue weighted by Gasteiger charge is 2.01. The molecule has 3 nitrogen and oxygen atoms in total. The normalized spacial score (nSPS) is 10.1. The Bertz CT molecular complexity index is 408. The van der Waals surface area contributed by atoms with Gasteiger partial charge in [-0.3, -0.25) is 9.97 Å². The van der Waals surface area contributed by atoms with Crippen LogP contribution in [0.2, 0.25) is 0 Å². The number of hydrogen-bond donors (Lipinski definition) is 0. The first-order valence-corrected chi connectivity index (χ1v) is 6.06. The molecular weight excluding hydrogens is 220 g/mol. The first-order valence-electron chi connectivity index (χ1n) is 4.84. The third-order valence-electron chi connectivity index (χ3n) is 2.21. The monoisotopic (exact) mass is 232 g/mol. The molecule has 2 heterocycles. The number of aromatic nitrogens is 2. The van der Waals surface area contributed by atoms with Crippen LogP contribution in [-0.4, -0.2) is 23.3 Å². The Labute approximate surface area is 98.9 Å². The van der Waals surface area contributed by atoms with Crippen molar-refractivity contribution >= 4 is 11.8 Å². The van der Waals surface area contributed by atoms with E-state index >= 15 is 0 Å². The van der Waals surface area contributed by atoms with Crippen LogP contribution in [0.3, 0.4) is 0 Å². The van der Waals surface area contributed by atoms with Gasteiger partial charge in [-0.2, -0.15) is 0 Å². The van der Waals surface area contributed by atoms with E-state index in [4.69, 9.17) is 4.74 Å². The minimum atomic E-state index is 0.754. The van der Waals surface area contributed by atoms with Crippen LogP contribution in [0.1, 0.15) is 0 Å². The van der Waals surface area contributed by atoms with Crippen molar-refractivity contribution in [2.45, 2.75) is 4.90 Å². The van der Waals surface area contributed by atoms with Crippen molar-refractivity contribution < 1.29 is 4.74 Å². The lowest BCUT2D eigenvalue weighted by Gasteiger charge is -2.02. The number of rotatable bonds is 3. The summed E-state index contributed by atoms with van der Waals surface area (Å²) in [6, 6.07) is 7.80. The molecule has 0 aliphatic carbocycles. The lowest BCUT2D eigenvalue weighted by Crippen LogP contribution is -1.89. The van der Waals surface area contributed by atoms with Gasteiger partial charge in [-0.05, 0) is 30.5 Å².